The maximum absolute atomic E-state index is 12.8. The number of nitrogens with one attached hydrogen (secondary N) is 1. The van der Waals surface area contributed by atoms with Crippen LogP contribution >= 0.6 is 11.6 Å². The Hall–Kier alpha value is -0.640. The minimum atomic E-state index is -0.309. The number of halogens is 2. The van der Waals surface area contributed by atoms with Gasteiger partial charge in [-0.05, 0) is 30.5 Å². The molecule has 1 aromatic rings. The van der Waals surface area contributed by atoms with Crippen molar-refractivity contribution in [2.75, 3.05) is 0 Å². The molecule has 2 nitrogen and oxygen atoms in total. The van der Waals surface area contributed by atoms with Crippen LogP contribution in [0.15, 0.2) is 18.2 Å². The third-order valence-electron chi connectivity index (χ3n) is 2.35. The van der Waals surface area contributed by atoms with Crippen LogP contribution in [0.5, 0.6) is 0 Å². The van der Waals surface area contributed by atoms with Crippen molar-refractivity contribution < 1.29 is 4.39 Å². The molecule has 0 heterocycles. The largest absolute Gasteiger partial charge is 0.271 e. The Morgan fingerprint density at radius 1 is 1.53 bits per heavy atom. The highest BCUT2D eigenvalue weighted by Gasteiger charge is 2.09. The first-order valence-corrected chi connectivity index (χ1v) is 5.45. The Labute approximate surface area is 94.6 Å². The predicted molar refractivity (Wildman–Crippen MR) is 61.1 cm³/mol. The molecule has 0 amide bonds. The monoisotopic (exact) mass is 230 g/mol. The lowest BCUT2D eigenvalue weighted by molar-refractivity contribution is 0.485. The third kappa shape index (κ3) is 3.78. The minimum Gasteiger partial charge on any atom is -0.271 e. The van der Waals surface area contributed by atoms with Crippen LogP contribution in [0.25, 0.3) is 0 Å². The first kappa shape index (κ1) is 12.4. The Morgan fingerprint density at radius 3 is 2.80 bits per heavy atom. The summed E-state index contributed by atoms with van der Waals surface area (Å²) in [6.07, 6.45) is 2.75. The summed E-state index contributed by atoms with van der Waals surface area (Å²) in [5.74, 6) is 5.11. The van der Waals surface area contributed by atoms with Crippen molar-refractivity contribution in [2.24, 2.45) is 5.84 Å². The molecular weight excluding hydrogens is 215 g/mol. The van der Waals surface area contributed by atoms with Gasteiger partial charge in [-0.2, -0.15) is 0 Å². The van der Waals surface area contributed by atoms with Crippen LogP contribution in [0.2, 0.25) is 5.02 Å². The topological polar surface area (TPSA) is 38.0 Å². The van der Waals surface area contributed by atoms with Crippen molar-refractivity contribution in [3.8, 4) is 0 Å². The predicted octanol–water partition coefficient (Wildman–Crippen LogP) is 2.65. The van der Waals surface area contributed by atoms with E-state index in [1.54, 1.807) is 6.07 Å². The van der Waals surface area contributed by atoms with Gasteiger partial charge < -0.3 is 0 Å². The second kappa shape index (κ2) is 6.05. The quantitative estimate of drug-likeness (QED) is 0.603. The standard InChI is InChI=1S/C11H16ClFN2/c1-2-3-10(15-14)6-8-4-5-9(13)7-11(8)12/h4-5,7,10,15H,2-3,6,14H2,1H3. The Balaban J connectivity index is 2.70. The fourth-order valence-corrected chi connectivity index (χ4v) is 1.79. The smallest absolute Gasteiger partial charge is 0.124 e. The van der Waals surface area contributed by atoms with Gasteiger partial charge in [-0.15, -0.1) is 0 Å². The van der Waals surface area contributed by atoms with Crippen LogP contribution in [0.1, 0.15) is 25.3 Å². The van der Waals surface area contributed by atoms with Crippen molar-refractivity contribution >= 4 is 11.6 Å². The molecule has 1 atom stereocenters. The van der Waals surface area contributed by atoms with Gasteiger partial charge in [0, 0.05) is 11.1 Å². The van der Waals surface area contributed by atoms with Crippen molar-refractivity contribution in [1.82, 2.24) is 5.43 Å². The fourth-order valence-electron chi connectivity index (χ4n) is 1.55. The Bertz CT molecular complexity index is 317. The first-order valence-electron chi connectivity index (χ1n) is 5.07. The van der Waals surface area contributed by atoms with E-state index in [1.165, 1.54) is 12.1 Å². The molecule has 84 valence electrons. The van der Waals surface area contributed by atoms with E-state index in [0.29, 0.717) is 5.02 Å². The molecule has 0 radical (unpaired) electrons. The van der Waals surface area contributed by atoms with Gasteiger partial charge in [0.1, 0.15) is 5.82 Å². The van der Waals surface area contributed by atoms with E-state index < -0.39 is 0 Å². The maximum Gasteiger partial charge on any atom is 0.124 e. The molecule has 3 N–H and O–H groups in total. The Morgan fingerprint density at radius 2 is 2.27 bits per heavy atom. The zero-order valence-electron chi connectivity index (χ0n) is 8.76. The summed E-state index contributed by atoms with van der Waals surface area (Å²) in [5, 5.41) is 0.464. The van der Waals surface area contributed by atoms with Gasteiger partial charge in [0.25, 0.3) is 0 Å². The highest BCUT2D eigenvalue weighted by atomic mass is 35.5. The molecule has 0 spiro atoms. The van der Waals surface area contributed by atoms with Gasteiger partial charge in [-0.1, -0.05) is 31.0 Å². The second-order valence-electron chi connectivity index (χ2n) is 3.59. The molecule has 0 fully saturated rings. The molecule has 4 heteroatoms. The van der Waals surface area contributed by atoms with Gasteiger partial charge in [0.2, 0.25) is 0 Å². The molecule has 1 aromatic carbocycles. The van der Waals surface area contributed by atoms with Crippen molar-refractivity contribution in [3.05, 3.63) is 34.6 Å². The summed E-state index contributed by atoms with van der Waals surface area (Å²) in [4.78, 5) is 0. The molecular formula is C11H16ClFN2. The summed E-state index contributed by atoms with van der Waals surface area (Å²) >= 11 is 5.92. The molecule has 0 saturated carbocycles. The number of hydrazine groups is 1. The highest BCUT2D eigenvalue weighted by Crippen LogP contribution is 2.19. The lowest BCUT2D eigenvalue weighted by Crippen LogP contribution is -2.36. The summed E-state index contributed by atoms with van der Waals surface area (Å²) in [5.41, 5.74) is 3.67. The average Bonchev–Trinajstić information content (AvgIpc) is 2.21. The number of hydrogen-bond donors (Lipinski definition) is 2. The van der Waals surface area contributed by atoms with Crippen molar-refractivity contribution in [2.45, 2.75) is 32.2 Å². The molecule has 0 aliphatic carbocycles. The zero-order chi connectivity index (χ0) is 11.3. The van der Waals surface area contributed by atoms with Gasteiger partial charge in [-0.25, -0.2) is 4.39 Å². The highest BCUT2D eigenvalue weighted by molar-refractivity contribution is 6.31. The number of rotatable bonds is 5. The molecule has 0 aliphatic heterocycles. The van der Waals surface area contributed by atoms with E-state index in [0.717, 1.165) is 24.8 Å². The maximum atomic E-state index is 12.8. The van der Waals surface area contributed by atoms with Crippen molar-refractivity contribution in [1.29, 1.82) is 0 Å². The number of benzene rings is 1. The zero-order valence-corrected chi connectivity index (χ0v) is 9.52. The van der Waals surface area contributed by atoms with Gasteiger partial charge in [0.05, 0.1) is 0 Å². The summed E-state index contributed by atoms with van der Waals surface area (Å²) in [7, 11) is 0. The fraction of sp³-hybridized carbons (Fsp3) is 0.455. The van der Waals surface area contributed by atoms with Gasteiger partial charge in [0.15, 0.2) is 0 Å². The van der Waals surface area contributed by atoms with Crippen LogP contribution in [0.4, 0.5) is 4.39 Å². The van der Waals surface area contributed by atoms with Gasteiger partial charge in [-0.3, -0.25) is 11.3 Å². The van der Waals surface area contributed by atoms with Crippen LogP contribution in [-0.2, 0) is 6.42 Å². The lowest BCUT2D eigenvalue weighted by Gasteiger charge is -2.15. The SMILES string of the molecule is CCCC(Cc1ccc(F)cc1Cl)NN. The lowest BCUT2D eigenvalue weighted by atomic mass is 10.0. The van der Waals surface area contributed by atoms with E-state index in [2.05, 4.69) is 12.3 Å². The normalized spacial score (nSPS) is 12.8. The van der Waals surface area contributed by atoms with Crippen LogP contribution in [0.3, 0.4) is 0 Å². The molecule has 0 aromatic heterocycles. The third-order valence-corrected chi connectivity index (χ3v) is 2.71. The molecule has 1 rings (SSSR count). The number of nitrogens with two attached hydrogens (primary N) is 1. The Kier molecular flexibility index (Phi) is 5.02. The van der Waals surface area contributed by atoms with Crippen molar-refractivity contribution in [3.63, 3.8) is 0 Å². The second-order valence-corrected chi connectivity index (χ2v) is 4.00. The van der Waals surface area contributed by atoms with Crippen LogP contribution < -0.4 is 11.3 Å². The minimum absolute atomic E-state index is 0.193. The van der Waals surface area contributed by atoms with E-state index in [9.17, 15) is 4.39 Å². The number of hydrogen-bond acceptors (Lipinski definition) is 2. The summed E-state index contributed by atoms with van der Waals surface area (Å²) in [6.45, 7) is 2.09. The van der Waals surface area contributed by atoms with Crippen LogP contribution in [0, 0.1) is 5.82 Å². The van der Waals surface area contributed by atoms with Crippen LogP contribution in [-0.4, -0.2) is 6.04 Å². The van der Waals surface area contributed by atoms with E-state index >= 15 is 0 Å². The molecule has 0 aliphatic rings. The molecule has 15 heavy (non-hydrogen) atoms. The molecule has 0 bridgehead atoms. The first-order chi connectivity index (χ1) is 7.17. The molecule has 1 unspecified atom stereocenters. The van der Waals surface area contributed by atoms with E-state index in [1.807, 2.05) is 0 Å². The van der Waals surface area contributed by atoms with E-state index in [4.69, 9.17) is 17.4 Å². The average molecular weight is 231 g/mol. The summed E-state index contributed by atoms with van der Waals surface area (Å²) < 4.78 is 12.8. The van der Waals surface area contributed by atoms with E-state index in [-0.39, 0.29) is 11.9 Å². The molecule has 0 saturated heterocycles. The van der Waals surface area contributed by atoms with Gasteiger partial charge >= 0.3 is 0 Å². The summed E-state index contributed by atoms with van der Waals surface area (Å²) in [6, 6.07) is 4.65.